The van der Waals surface area contributed by atoms with Gasteiger partial charge in [0.15, 0.2) is 5.82 Å². The van der Waals surface area contributed by atoms with Gasteiger partial charge in [0.05, 0.1) is 6.54 Å². The van der Waals surface area contributed by atoms with E-state index in [1.54, 1.807) is 11.1 Å². The summed E-state index contributed by atoms with van der Waals surface area (Å²) in [6.45, 7) is 1.73. The summed E-state index contributed by atoms with van der Waals surface area (Å²) in [7, 11) is 3.81. The van der Waals surface area contributed by atoms with Gasteiger partial charge in [-0.1, -0.05) is 12.1 Å². The van der Waals surface area contributed by atoms with Gasteiger partial charge < -0.3 is 10.2 Å². The number of aryl methyl sites for hydroxylation is 1. The van der Waals surface area contributed by atoms with Crippen LogP contribution in [0.4, 0.5) is 11.6 Å². The molecule has 0 saturated carbocycles. The standard InChI is InChI=1S/C22H25N7O/c1-28-13-16-5-3-6-19(11-16)26-22-25-15-24-21(27-22)17-8-9-23-18(12-17)7-4-10-29(2)20(30)14-28/h3,5-6,8-9,11-12,15H,4,7,10,13-14H2,1-2H3,(H,24,25,26,27). The monoisotopic (exact) mass is 403 g/mol. The van der Waals surface area contributed by atoms with Gasteiger partial charge in [-0.05, 0) is 49.7 Å². The molecule has 30 heavy (non-hydrogen) atoms. The highest BCUT2D eigenvalue weighted by Gasteiger charge is 2.13. The molecule has 1 aliphatic rings. The van der Waals surface area contributed by atoms with Gasteiger partial charge in [-0.15, -0.1) is 0 Å². The minimum absolute atomic E-state index is 0.113. The van der Waals surface area contributed by atoms with Gasteiger partial charge in [0, 0.05) is 43.3 Å². The summed E-state index contributed by atoms with van der Waals surface area (Å²) in [5, 5.41) is 3.25. The highest BCUT2D eigenvalue weighted by atomic mass is 16.2. The smallest absolute Gasteiger partial charge is 0.236 e. The van der Waals surface area contributed by atoms with E-state index in [4.69, 9.17) is 0 Å². The van der Waals surface area contributed by atoms with Crippen molar-refractivity contribution in [3.8, 4) is 11.4 Å². The number of hydrogen-bond acceptors (Lipinski definition) is 7. The summed E-state index contributed by atoms with van der Waals surface area (Å²) in [5.41, 5.74) is 3.84. The quantitative estimate of drug-likeness (QED) is 0.617. The molecule has 3 aromatic rings. The number of anilines is 2. The SMILES string of the molecule is CN1CC(=O)N(C)CCCc2cc(ccn2)-c2ncnc(n2)Nc2cccc(c2)C1. The van der Waals surface area contributed by atoms with E-state index in [9.17, 15) is 4.79 Å². The lowest BCUT2D eigenvalue weighted by atomic mass is 10.1. The third-order valence-electron chi connectivity index (χ3n) is 5.04. The summed E-state index contributed by atoms with van der Waals surface area (Å²) >= 11 is 0. The first-order chi connectivity index (χ1) is 14.6. The molecule has 8 heteroatoms. The van der Waals surface area contributed by atoms with Crippen LogP contribution >= 0.6 is 0 Å². The molecular weight excluding hydrogens is 378 g/mol. The molecule has 6 bridgehead atoms. The molecule has 1 amide bonds. The largest absolute Gasteiger partial charge is 0.345 e. The second kappa shape index (κ2) is 8.96. The van der Waals surface area contributed by atoms with Gasteiger partial charge in [-0.25, -0.2) is 9.97 Å². The lowest BCUT2D eigenvalue weighted by Gasteiger charge is -2.22. The van der Waals surface area contributed by atoms with Crippen LogP contribution < -0.4 is 5.32 Å². The van der Waals surface area contributed by atoms with Gasteiger partial charge in [0.1, 0.15) is 6.33 Å². The zero-order valence-electron chi connectivity index (χ0n) is 17.2. The second-order valence-corrected chi connectivity index (χ2v) is 7.59. The molecule has 0 aliphatic carbocycles. The van der Waals surface area contributed by atoms with Gasteiger partial charge in [0.25, 0.3) is 0 Å². The maximum atomic E-state index is 12.6. The number of nitrogens with zero attached hydrogens (tertiary/aromatic N) is 6. The molecule has 4 rings (SSSR count). The van der Waals surface area contributed by atoms with Gasteiger partial charge in [-0.2, -0.15) is 4.98 Å². The molecule has 0 fully saturated rings. The van der Waals surface area contributed by atoms with E-state index in [0.717, 1.165) is 35.3 Å². The molecule has 0 radical (unpaired) electrons. The van der Waals surface area contributed by atoms with Gasteiger partial charge >= 0.3 is 0 Å². The Labute approximate surface area is 176 Å². The number of likely N-dealkylation sites (N-methyl/N-ethyl adjacent to an activating group) is 2. The second-order valence-electron chi connectivity index (χ2n) is 7.59. The highest BCUT2D eigenvalue weighted by molar-refractivity contribution is 5.77. The molecule has 8 nitrogen and oxygen atoms in total. The van der Waals surface area contributed by atoms with Crippen LogP contribution in [-0.2, 0) is 17.8 Å². The van der Waals surface area contributed by atoms with E-state index in [1.165, 1.54) is 6.33 Å². The van der Waals surface area contributed by atoms with Crippen LogP contribution in [0.25, 0.3) is 11.4 Å². The Hall–Kier alpha value is -3.39. The third-order valence-corrected chi connectivity index (χ3v) is 5.04. The van der Waals surface area contributed by atoms with E-state index >= 15 is 0 Å². The van der Waals surface area contributed by atoms with E-state index in [0.29, 0.717) is 31.4 Å². The van der Waals surface area contributed by atoms with Crippen molar-refractivity contribution in [2.45, 2.75) is 19.4 Å². The van der Waals surface area contributed by atoms with Gasteiger partial charge in [0.2, 0.25) is 11.9 Å². The van der Waals surface area contributed by atoms with Crippen molar-refractivity contribution >= 4 is 17.5 Å². The first-order valence-corrected chi connectivity index (χ1v) is 9.99. The fourth-order valence-electron chi connectivity index (χ4n) is 3.47. The number of rotatable bonds is 0. The van der Waals surface area contributed by atoms with Gasteiger partial charge in [-0.3, -0.25) is 14.7 Å². The Morgan fingerprint density at radius 2 is 1.93 bits per heavy atom. The maximum Gasteiger partial charge on any atom is 0.236 e. The Kier molecular flexibility index (Phi) is 5.94. The molecule has 0 unspecified atom stereocenters. The number of amides is 1. The van der Waals surface area contributed by atoms with Crippen molar-refractivity contribution in [3.05, 3.63) is 60.2 Å². The van der Waals surface area contributed by atoms with Crippen LogP contribution in [0.1, 0.15) is 17.7 Å². The summed E-state index contributed by atoms with van der Waals surface area (Å²) in [6.07, 6.45) is 4.91. The fourth-order valence-corrected chi connectivity index (χ4v) is 3.47. The molecule has 1 aromatic carbocycles. The minimum atomic E-state index is 0.113. The van der Waals surface area contributed by atoms with Crippen molar-refractivity contribution in [2.75, 3.05) is 32.5 Å². The Morgan fingerprint density at radius 3 is 2.83 bits per heavy atom. The lowest BCUT2D eigenvalue weighted by Crippen LogP contribution is -2.37. The van der Waals surface area contributed by atoms with Crippen LogP contribution in [0, 0.1) is 0 Å². The highest BCUT2D eigenvalue weighted by Crippen LogP contribution is 2.20. The summed E-state index contributed by atoms with van der Waals surface area (Å²) in [6, 6.07) is 11.9. The number of hydrogen-bond donors (Lipinski definition) is 1. The molecule has 0 spiro atoms. The first kappa shape index (κ1) is 19.9. The van der Waals surface area contributed by atoms with Crippen molar-refractivity contribution in [3.63, 3.8) is 0 Å². The predicted molar refractivity (Wildman–Crippen MR) is 115 cm³/mol. The van der Waals surface area contributed by atoms with Crippen molar-refractivity contribution in [1.29, 1.82) is 0 Å². The summed E-state index contributed by atoms with van der Waals surface area (Å²) in [4.78, 5) is 34.0. The molecule has 154 valence electrons. The van der Waals surface area contributed by atoms with Crippen LogP contribution in [0.5, 0.6) is 0 Å². The number of pyridine rings is 1. The van der Waals surface area contributed by atoms with E-state index in [1.807, 2.05) is 55.4 Å². The number of nitrogens with one attached hydrogen (secondary N) is 1. The van der Waals surface area contributed by atoms with Crippen molar-refractivity contribution < 1.29 is 4.79 Å². The Bertz CT molecular complexity index is 1040. The molecule has 1 aliphatic heterocycles. The van der Waals surface area contributed by atoms with E-state index in [2.05, 4.69) is 25.3 Å². The van der Waals surface area contributed by atoms with Crippen LogP contribution in [0.2, 0.25) is 0 Å². The van der Waals surface area contributed by atoms with Crippen LogP contribution in [0.3, 0.4) is 0 Å². The van der Waals surface area contributed by atoms with E-state index < -0.39 is 0 Å². The lowest BCUT2D eigenvalue weighted by molar-refractivity contribution is -0.130. The number of aromatic nitrogens is 4. The predicted octanol–water partition coefficient (Wildman–Crippen LogP) is 2.51. The average molecular weight is 403 g/mol. The van der Waals surface area contributed by atoms with Crippen LogP contribution in [-0.4, -0.2) is 62.8 Å². The molecule has 1 N–H and O–H groups in total. The topological polar surface area (TPSA) is 87.1 Å². The number of carbonyl (C=O) groups excluding carboxylic acids is 1. The zero-order chi connectivity index (χ0) is 20.9. The molecule has 0 atom stereocenters. The molecular formula is C22H25N7O. The Balaban J connectivity index is 1.67. The van der Waals surface area contributed by atoms with Crippen molar-refractivity contribution in [2.24, 2.45) is 0 Å². The maximum absolute atomic E-state index is 12.6. The van der Waals surface area contributed by atoms with E-state index in [-0.39, 0.29) is 5.91 Å². The molecule has 2 aromatic heterocycles. The Morgan fingerprint density at radius 1 is 1.03 bits per heavy atom. The normalized spacial score (nSPS) is 15.8. The number of fused-ring (bicyclic) bond motifs is 7. The summed E-state index contributed by atoms with van der Waals surface area (Å²) < 4.78 is 0. The first-order valence-electron chi connectivity index (χ1n) is 9.99. The van der Waals surface area contributed by atoms with Crippen molar-refractivity contribution in [1.82, 2.24) is 29.7 Å². The average Bonchev–Trinajstić information content (AvgIpc) is 2.73. The number of benzene rings is 1. The molecule has 0 saturated heterocycles. The zero-order valence-corrected chi connectivity index (χ0v) is 17.2. The number of carbonyl (C=O) groups is 1. The van der Waals surface area contributed by atoms with Crippen LogP contribution in [0.15, 0.2) is 48.9 Å². The summed E-state index contributed by atoms with van der Waals surface area (Å²) in [5.74, 6) is 1.20. The third kappa shape index (κ3) is 4.96. The molecule has 3 heterocycles. The minimum Gasteiger partial charge on any atom is -0.345 e. The fraction of sp³-hybridized carbons (Fsp3) is 0.318.